The number of carbonyl (C=O) groups excluding carboxylic acids is 3. The predicted octanol–water partition coefficient (Wildman–Crippen LogP) is 3.46. The summed E-state index contributed by atoms with van der Waals surface area (Å²) in [5, 5.41) is 6.15. The largest absolute Gasteiger partial charge is 0.450 e. The summed E-state index contributed by atoms with van der Waals surface area (Å²) in [6.07, 6.45) is 5.57. The minimum absolute atomic E-state index is 0. The summed E-state index contributed by atoms with van der Waals surface area (Å²) in [4.78, 5) is 40.8. The van der Waals surface area contributed by atoms with Crippen molar-refractivity contribution in [2.24, 2.45) is 11.7 Å². The maximum Gasteiger partial charge on any atom is 0.407 e. The molecule has 0 aromatic heterocycles. The standard InChI is InChI=1S/C24H44N4O4S.ClH/c1-6-14-32-23(31)27-20(24(4,5)33-16(2)3)22(30)28-13-7-8-19(28)21(29)26-15-17-9-11-18(25)12-10-17;/h16-20H,6-15,25H2,1-5H3,(H,26,29)(H,27,31);1H/t17-,18-,19-,20-;/m0./s1. The molecule has 2 aliphatic rings. The molecule has 1 saturated heterocycles. The molecule has 1 aliphatic carbocycles. The van der Waals surface area contributed by atoms with E-state index in [1.807, 2.05) is 20.8 Å². The number of carbonyl (C=O) groups is 3. The quantitative estimate of drug-likeness (QED) is 0.406. The second-order valence-corrected chi connectivity index (χ2v) is 12.4. The third-order valence-corrected chi connectivity index (χ3v) is 7.79. The van der Waals surface area contributed by atoms with E-state index in [-0.39, 0.29) is 35.5 Å². The number of nitrogens with zero attached hydrogens (tertiary/aromatic N) is 1. The van der Waals surface area contributed by atoms with Crippen LogP contribution < -0.4 is 16.4 Å². The lowest BCUT2D eigenvalue weighted by Gasteiger charge is -2.38. The van der Waals surface area contributed by atoms with Crippen LogP contribution in [0.5, 0.6) is 0 Å². The van der Waals surface area contributed by atoms with Crippen LogP contribution in [0.2, 0.25) is 0 Å². The molecule has 2 atom stereocenters. The average Bonchev–Trinajstić information content (AvgIpc) is 3.24. The number of nitrogens with two attached hydrogens (primary N) is 1. The monoisotopic (exact) mass is 520 g/mol. The summed E-state index contributed by atoms with van der Waals surface area (Å²) >= 11 is 1.63. The average molecular weight is 521 g/mol. The van der Waals surface area contributed by atoms with Crippen molar-refractivity contribution in [1.29, 1.82) is 0 Å². The second kappa shape index (κ2) is 14.4. The highest BCUT2D eigenvalue weighted by atomic mass is 35.5. The molecule has 10 heteroatoms. The van der Waals surface area contributed by atoms with Crippen LogP contribution in [0.4, 0.5) is 4.79 Å². The third-order valence-electron chi connectivity index (χ3n) is 6.48. The molecular weight excluding hydrogens is 476 g/mol. The minimum Gasteiger partial charge on any atom is -0.450 e. The van der Waals surface area contributed by atoms with E-state index >= 15 is 0 Å². The molecule has 3 amide bonds. The Labute approximate surface area is 215 Å². The van der Waals surface area contributed by atoms with Gasteiger partial charge in [-0.05, 0) is 70.0 Å². The molecule has 1 heterocycles. The molecule has 34 heavy (non-hydrogen) atoms. The molecule has 8 nitrogen and oxygen atoms in total. The lowest BCUT2D eigenvalue weighted by Crippen LogP contribution is -2.60. The Morgan fingerprint density at radius 2 is 1.79 bits per heavy atom. The first-order chi connectivity index (χ1) is 15.5. The van der Waals surface area contributed by atoms with Crippen LogP contribution in [0.3, 0.4) is 0 Å². The highest BCUT2D eigenvalue weighted by Gasteiger charge is 2.44. The molecule has 0 bridgehead atoms. The zero-order valence-electron chi connectivity index (χ0n) is 21.4. The van der Waals surface area contributed by atoms with Gasteiger partial charge in [-0.15, -0.1) is 12.4 Å². The van der Waals surface area contributed by atoms with Gasteiger partial charge in [0, 0.05) is 23.9 Å². The Hall–Kier alpha value is -1.19. The van der Waals surface area contributed by atoms with E-state index in [0.29, 0.717) is 38.5 Å². The highest BCUT2D eigenvalue weighted by molar-refractivity contribution is 8.01. The summed E-state index contributed by atoms with van der Waals surface area (Å²) in [7, 11) is 0. The maximum absolute atomic E-state index is 13.7. The summed E-state index contributed by atoms with van der Waals surface area (Å²) in [5.41, 5.74) is 5.99. The van der Waals surface area contributed by atoms with Gasteiger partial charge in [-0.3, -0.25) is 9.59 Å². The fourth-order valence-electron chi connectivity index (χ4n) is 4.79. The smallest absolute Gasteiger partial charge is 0.407 e. The molecule has 0 unspecified atom stereocenters. The van der Waals surface area contributed by atoms with Gasteiger partial charge in [-0.25, -0.2) is 4.79 Å². The van der Waals surface area contributed by atoms with Gasteiger partial charge in [0.2, 0.25) is 11.8 Å². The van der Waals surface area contributed by atoms with Crippen molar-refractivity contribution in [3.05, 3.63) is 0 Å². The molecule has 0 spiro atoms. The first-order valence-corrected chi connectivity index (χ1v) is 13.4. The van der Waals surface area contributed by atoms with Crippen LogP contribution in [0.1, 0.15) is 79.6 Å². The van der Waals surface area contributed by atoms with Crippen LogP contribution in [-0.4, -0.2) is 70.6 Å². The van der Waals surface area contributed by atoms with Crippen LogP contribution in [0.25, 0.3) is 0 Å². The zero-order valence-corrected chi connectivity index (χ0v) is 23.1. The van der Waals surface area contributed by atoms with Gasteiger partial charge in [0.1, 0.15) is 12.1 Å². The molecule has 0 radical (unpaired) electrons. The molecule has 198 valence electrons. The maximum atomic E-state index is 13.7. The van der Waals surface area contributed by atoms with Crippen molar-refractivity contribution in [2.45, 2.75) is 108 Å². The van der Waals surface area contributed by atoms with Gasteiger partial charge in [0.25, 0.3) is 0 Å². The van der Waals surface area contributed by atoms with E-state index < -0.39 is 22.9 Å². The van der Waals surface area contributed by atoms with Crippen LogP contribution >= 0.6 is 24.2 Å². The summed E-state index contributed by atoms with van der Waals surface area (Å²) in [6, 6.07) is -1.01. The van der Waals surface area contributed by atoms with Crippen LogP contribution in [0.15, 0.2) is 0 Å². The number of ether oxygens (including phenoxy) is 1. The van der Waals surface area contributed by atoms with E-state index in [1.54, 1.807) is 16.7 Å². The number of hydrogen-bond donors (Lipinski definition) is 3. The SMILES string of the molecule is CCCOC(=O)N[C@@H](C(=O)N1CCC[C@H]1C(=O)NC[C@H]1CC[C@H](N)CC1)C(C)(C)SC(C)C.Cl. The summed E-state index contributed by atoms with van der Waals surface area (Å²) in [5.74, 6) is 0.128. The number of amides is 3. The van der Waals surface area contributed by atoms with Crippen molar-refractivity contribution >= 4 is 42.1 Å². The van der Waals surface area contributed by atoms with Crippen molar-refractivity contribution in [3.8, 4) is 0 Å². The predicted molar refractivity (Wildman–Crippen MR) is 140 cm³/mol. The molecular formula is C24H45ClN4O4S. The third kappa shape index (κ3) is 9.11. The first kappa shape index (κ1) is 30.8. The van der Waals surface area contributed by atoms with Gasteiger partial charge in [0.05, 0.1) is 6.61 Å². The van der Waals surface area contributed by atoms with Gasteiger partial charge in [0.15, 0.2) is 0 Å². The van der Waals surface area contributed by atoms with Gasteiger partial charge >= 0.3 is 6.09 Å². The fraction of sp³-hybridized carbons (Fsp3) is 0.875. The Morgan fingerprint density at radius 1 is 1.15 bits per heavy atom. The Morgan fingerprint density at radius 3 is 2.38 bits per heavy atom. The van der Waals surface area contributed by atoms with Crippen molar-refractivity contribution in [3.63, 3.8) is 0 Å². The molecule has 1 aliphatic heterocycles. The van der Waals surface area contributed by atoms with E-state index in [9.17, 15) is 14.4 Å². The zero-order chi connectivity index (χ0) is 24.6. The molecule has 2 rings (SSSR count). The molecule has 0 aromatic carbocycles. The minimum atomic E-state index is -0.789. The van der Waals surface area contributed by atoms with Crippen molar-refractivity contribution in [2.75, 3.05) is 19.7 Å². The number of hydrogen-bond acceptors (Lipinski definition) is 6. The molecule has 4 N–H and O–H groups in total. The van der Waals surface area contributed by atoms with E-state index in [4.69, 9.17) is 10.5 Å². The molecule has 0 aromatic rings. The number of likely N-dealkylation sites (tertiary alicyclic amines) is 1. The Kier molecular flexibility index (Phi) is 13.1. The normalized spacial score (nSPS) is 23.7. The van der Waals surface area contributed by atoms with E-state index in [1.165, 1.54) is 0 Å². The second-order valence-electron chi connectivity index (χ2n) is 10.2. The van der Waals surface area contributed by atoms with Crippen LogP contribution in [-0.2, 0) is 14.3 Å². The van der Waals surface area contributed by atoms with Crippen LogP contribution in [0, 0.1) is 5.92 Å². The highest BCUT2D eigenvalue weighted by Crippen LogP contribution is 2.34. The number of alkyl carbamates (subject to hydrolysis) is 1. The van der Waals surface area contributed by atoms with Gasteiger partial charge in [-0.2, -0.15) is 11.8 Å². The number of halogens is 1. The number of rotatable bonds is 10. The van der Waals surface area contributed by atoms with E-state index in [0.717, 1.165) is 32.1 Å². The number of thioether (sulfide) groups is 1. The first-order valence-electron chi connectivity index (χ1n) is 12.5. The van der Waals surface area contributed by atoms with Crippen molar-refractivity contribution in [1.82, 2.24) is 15.5 Å². The fourth-order valence-corrected chi connectivity index (χ4v) is 6.30. The molecule has 2 fully saturated rings. The number of nitrogens with one attached hydrogen (secondary N) is 2. The molecule has 1 saturated carbocycles. The van der Waals surface area contributed by atoms with Gasteiger partial charge in [-0.1, -0.05) is 20.8 Å². The lowest BCUT2D eigenvalue weighted by atomic mass is 9.86. The summed E-state index contributed by atoms with van der Waals surface area (Å²) in [6.45, 7) is 11.4. The van der Waals surface area contributed by atoms with Crippen molar-refractivity contribution < 1.29 is 19.1 Å². The van der Waals surface area contributed by atoms with E-state index in [2.05, 4.69) is 24.5 Å². The Balaban J connectivity index is 0.00000578. The summed E-state index contributed by atoms with van der Waals surface area (Å²) < 4.78 is 4.64. The topological polar surface area (TPSA) is 114 Å². The Bertz CT molecular complexity index is 671. The van der Waals surface area contributed by atoms with Gasteiger partial charge < -0.3 is 26.0 Å². The lowest BCUT2D eigenvalue weighted by molar-refractivity contribution is -0.140.